The molecule has 2 aliphatic heterocycles. The van der Waals surface area contributed by atoms with Crippen LogP contribution in [0.3, 0.4) is 0 Å². The Balaban J connectivity index is 1.05. The molecule has 2 N–H and O–H groups in total. The van der Waals surface area contributed by atoms with E-state index in [1.54, 1.807) is 6.92 Å². The van der Waals surface area contributed by atoms with E-state index in [1.165, 1.54) is 0 Å². The molecule has 4 aliphatic carbocycles. The molecule has 4 saturated carbocycles. The highest BCUT2D eigenvalue weighted by atomic mass is 16.3. The van der Waals surface area contributed by atoms with Gasteiger partial charge in [-0.3, -0.25) is 9.69 Å². The number of nitrogens with zero attached hydrogens (tertiary/aromatic N) is 5. The number of amides is 3. The van der Waals surface area contributed by atoms with E-state index >= 15 is 0 Å². The molecular weight excluding hydrogens is 492 g/mol. The average Bonchev–Trinajstić information content (AvgIpc) is 2.93. The fourth-order valence-electron chi connectivity index (χ4n) is 8.25. The van der Waals surface area contributed by atoms with Gasteiger partial charge in [0.15, 0.2) is 0 Å². The van der Waals surface area contributed by atoms with E-state index in [4.69, 9.17) is 4.98 Å². The van der Waals surface area contributed by atoms with Gasteiger partial charge in [0.25, 0.3) is 0 Å². The van der Waals surface area contributed by atoms with Crippen molar-refractivity contribution in [1.29, 1.82) is 0 Å². The molecule has 1 saturated heterocycles. The van der Waals surface area contributed by atoms with E-state index in [0.29, 0.717) is 30.8 Å². The third kappa shape index (κ3) is 4.40. The molecule has 2 atom stereocenters. The third-order valence-corrected chi connectivity index (χ3v) is 9.89. The fraction of sp³-hybridized carbons (Fsp3) is 0.567. The first kappa shape index (κ1) is 24.7. The molecular formula is C30H38N6O3. The van der Waals surface area contributed by atoms with Crippen molar-refractivity contribution < 1.29 is 14.7 Å². The van der Waals surface area contributed by atoms with Gasteiger partial charge in [-0.25, -0.2) is 9.78 Å². The van der Waals surface area contributed by atoms with E-state index in [1.807, 2.05) is 34.2 Å². The lowest BCUT2D eigenvalue weighted by atomic mass is 9.52. The maximum absolute atomic E-state index is 13.6. The van der Waals surface area contributed by atoms with Gasteiger partial charge in [-0.05, 0) is 74.1 Å². The van der Waals surface area contributed by atoms with Crippen LogP contribution in [0.25, 0.3) is 0 Å². The Kier molecular flexibility index (Phi) is 5.95. The van der Waals surface area contributed by atoms with Crippen LogP contribution in [0.5, 0.6) is 0 Å². The molecule has 9 heteroatoms. The van der Waals surface area contributed by atoms with Crippen molar-refractivity contribution in [1.82, 2.24) is 15.2 Å². The maximum atomic E-state index is 13.6. The molecule has 8 rings (SSSR count). The first-order chi connectivity index (χ1) is 18.9. The second-order valence-corrected chi connectivity index (χ2v) is 12.3. The number of anilines is 4. The number of hydrogen-bond donors (Lipinski definition) is 2. The lowest BCUT2D eigenvalue weighted by Gasteiger charge is -2.58. The minimum absolute atomic E-state index is 0.0282. The Morgan fingerprint density at radius 3 is 2.28 bits per heavy atom. The van der Waals surface area contributed by atoms with Crippen LogP contribution >= 0.6 is 0 Å². The molecule has 0 spiro atoms. The monoisotopic (exact) mass is 530 g/mol. The molecule has 6 aliphatic rings. The highest BCUT2D eigenvalue weighted by Crippen LogP contribution is 2.55. The van der Waals surface area contributed by atoms with E-state index in [-0.39, 0.29) is 18.0 Å². The number of piperazine rings is 1. The predicted molar refractivity (Wildman–Crippen MR) is 150 cm³/mol. The Hall–Kier alpha value is -3.33. The van der Waals surface area contributed by atoms with Gasteiger partial charge in [-0.2, -0.15) is 0 Å². The average molecular weight is 531 g/mol. The van der Waals surface area contributed by atoms with Gasteiger partial charge in [-0.1, -0.05) is 12.1 Å². The number of rotatable bonds is 3. The van der Waals surface area contributed by atoms with Crippen molar-refractivity contribution in [2.45, 2.75) is 50.7 Å². The summed E-state index contributed by atoms with van der Waals surface area (Å²) in [4.78, 5) is 38.3. The molecule has 4 bridgehead atoms. The number of benzene rings is 1. The maximum Gasteiger partial charge on any atom is 0.322 e. The quantitative estimate of drug-likeness (QED) is 0.633. The summed E-state index contributed by atoms with van der Waals surface area (Å²) in [6.45, 7) is 5.94. The van der Waals surface area contributed by atoms with Crippen LogP contribution in [0.2, 0.25) is 0 Å². The molecule has 1 aromatic carbocycles. The van der Waals surface area contributed by atoms with Crippen molar-refractivity contribution in [3.8, 4) is 0 Å². The summed E-state index contributed by atoms with van der Waals surface area (Å²) in [6, 6.07) is 12.4. The van der Waals surface area contributed by atoms with Gasteiger partial charge in [0.05, 0.1) is 28.9 Å². The number of fused-ring (bicyclic) bond motifs is 1. The van der Waals surface area contributed by atoms with Gasteiger partial charge < -0.3 is 25.1 Å². The second kappa shape index (κ2) is 9.40. The lowest BCUT2D eigenvalue weighted by molar-refractivity contribution is -0.136. The van der Waals surface area contributed by atoms with Crippen LogP contribution in [0.15, 0.2) is 42.6 Å². The van der Waals surface area contributed by atoms with Gasteiger partial charge in [-0.15, -0.1) is 0 Å². The molecule has 2 aromatic rings. The summed E-state index contributed by atoms with van der Waals surface area (Å²) in [5.41, 5.74) is 2.44. The molecule has 3 heterocycles. The number of pyridine rings is 1. The number of hydrogen-bond acceptors (Lipinski definition) is 6. The van der Waals surface area contributed by atoms with Crippen molar-refractivity contribution in [2.75, 3.05) is 54.0 Å². The van der Waals surface area contributed by atoms with Gasteiger partial charge in [0.2, 0.25) is 5.91 Å². The van der Waals surface area contributed by atoms with Crippen LogP contribution in [-0.4, -0.2) is 77.8 Å². The molecule has 5 fully saturated rings. The molecule has 9 nitrogen and oxygen atoms in total. The van der Waals surface area contributed by atoms with E-state index in [0.717, 1.165) is 81.2 Å². The summed E-state index contributed by atoms with van der Waals surface area (Å²) in [6.07, 6.45) is 6.76. The normalized spacial score (nSPS) is 31.3. The van der Waals surface area contributed by atoms with Crippen molar-refractivity contribution in [2.24, 2.45) is 17.8 Å². The first-order valence-corrected chi connectivity index (χ1v) is 14.5. The molecule has 206 valence electrons. The summed E-state index contributed by atoms with van der Waals surface area (Å²) in [5.74, 6) is 2.38. The van der Waals surface area contributed by atoms with E-state index in [2.05, 4.69) is 33.3 Å². The summed E-state index contributed by atoms with van der Waals surface area (Å²) >= 11 is 0. The number of carbonyl (C=O) groups excluding carboxylic acids is 2. The van der Waals surface area contributed by atoms with Crippen molar-refractivity contribution >= 4 is 34.8 Å². The predicted octanol–water partition coefficient (Wildman–Crippen LogP) is 3.36. The van der Waals surface area contributed by atoms with Crippen molar-refractivity contribution in [3.05, 3.63) is 42.6 Å². The summed E-state index contributed by atoms with van der Waals surface area (Å²) in [5, 5.41) is 14.4. The van der Waals surface area contributed by atoms with Crippen LogP contribution in [0.1, 0.15) is 39.0 Å². The SMILES string of the molecule is CC(=O)N1CCN(c2ccc(N3CCN(C(=O)NC4C5CC6CC4CC(O)(C6)C5)c4ccccc43)nc2)CC1. The Bertz CT molecular complexity index is 1240. The minimum Gasteiger partial charge on any atom is -0.390 e. The summed E-state index contributed by atoms with van der Waals surface area (Å²) < 4.78 is 0. The number of para-hydroxylation sites is 2. The smallest absolute Gasteiger partial charge is 0.322 e. The van der Waals surface area contributed by atoms with Crippen LogP contribution in [0.4, 0.5) is 27.7 Å². The number of urea groups is 1. The van der Waals surface area contributed by atoms with Crippen LogP contribution in [-0.2, 0) is 4.79 Å². The molecule has 2 unspecified atom stereocenters. The Labute approximate surface area is 229 Å². The topological polar surface area (TPSA) is 92.3 Å². The summed E-state index contributed by atoms with van der Waals surface area (Å²) in [7, 11) is 0. The third-order valence-electron chi connectivity index (χ3n) is 9.89. The fourth-order valence-corrected chi connectivity index (χ4v) is 8.25. The largest absolute Gasteiger partial charge is 0.390 e. The molecule has 39 heavy (non-hydrogen) atoms. The van der Waals surface area contributed by atoms with Gasteiger partial charge >= 0.3 is 6.03 Å². The molecule has 1 aromatic heterocycles. The first-order valence-electron chi connectivity index (χ1n) is 14.5. The number of aliphatic hydroxyl groups is 1. The van der Waals surface area contributed by atoms with Crippen molar-refractivity contribution in [3.63, 3.8) is 0 Å². The second-order valence-electron chi connectivity index (χ2n) is 12.3. The van der Waals surface area contributed by atoms with Crippen LogP contribution < -0.4 is 20.0 Å². The lowest BCUT2D eigenvalue weighted by Crippen LogP contribution is -2.63. The zero-order chi connectivity index (χ0) is 26.7. The molecule has 0 radical (unpaired) electrons. The number of nitrogens with one attached hydrogen (secondary N) is 1. The minimum atomic E-state index is -0.499. The number of carbonyl (C=O) groups is 2. The Morgan fingerprint density at radius 1 is 0.923 bits per heavy atom. The van der Waals surface area contributed by atoms with E-state index in [9.17, 15) is 14.7 Å². The Morgan fingerprint density at radius 2 is 1.64 bits per heavy atom. The zero-order valence-electron chi connectivity index (χ0n) is 22.6. The highest BCUT2D eigenvalue weighted by molar-refractivity contribution is 5.98. The standard InChI is InChI=1S/C30H38N6O3/c1-20(37)33-8-10-34(11-9-33)24-6-7-27(31-19-24)35-12-13-36(26-5-3-2-4-25(26)35)29(38)32-28-22-14-21-15-23(28)18-30(39,16-21)17-22/h2-7,19,21-23,28,39H,8-18H2,1H3,(H,32,38). The van der Waals surface area contributed by atoms with E-state index < -0.39 is 5.60 Å². The van der Waals surface area contributed by atoms with Gasteiger partial charge in [0.1, 0.15) is 5.82 Å². The highest BCUT2D eigenvalue weighted by Gasteiger charge is 2.55. The molecule has 3 amide bonds. The van der Waals surface area contributed by atoms with Gasteiger partial charge in [0, 0.05) is 52.2 Å². The number of aromatic nitrogens is 1. The zero-order valence-corrected chi connectivity index (χ0v) is 22.6. The van der Waals surface area contributed by atoms with Crippen LogP contribution in [0, 0.1) is 17.8 Å².